The molecule has 1 aromatic rings. The molecule has 1 aliphatic heterocycles. The van der Waals surface area contributed by atoms with Crippen molar-refractivity contribution in [1.29, 1.82) is 0 Å². The third kappa shape index (κ3) is 4.62. The molecule has 19 heavy (non-hydrogen) atoms. The van der Waals surface area contributed by atoms with Gasteiger partial charge in [-0.25, -0.2) is 0 Å². The van der Waals surface area contributed by atoms with E-state index in [1.165, 1.54) is 56.6 Å². The molecule has 0 aliphatic carbocycles. The third-order valence-corrected chi connectivity index (χ3v) is 4.26. The van der Waals surface area contributed by atoms with Crippen molar-refractivity contribution >= 4 is 0 Å². The van der Waals surface area contributed by atoms with E-state index in [4.69, 9.17) is 0 Å². The van der Waals surface area contributed by atoms with Gasteiger partial charge in [0, 0.05) is 11.7 Å². The minimum absolute atomic E-state index is 0.724. The van der Waals surface area contributed by atoms with E-state index in [1.54, 1.807) is 0 Å². The predicted octanol–water partition coefficient (Wildman–Crippen LogP) is 2.11. The molecule has 1 fully saturated rings. The quantitative estimate of drug-likeness (QED) is 0.774. The number of aromatic amines is 1. The average molecular weight is 264 g/mol. The molecule has 2 rings (SSSR count). The highest BCUT2D eigenvalue weighted by molar-refractivity contribution is 5.14. The summed E-state index contributed by atoms with van der Waals surface area (Å²) in [6, 6.07) is 0.724. The number of nitrogens with zero attached hydrogens (tertiary/aromatic N) is 2. The highest BCUT2D eigenvalue weighted by Gasteiger charge is 2.15. The maximum absolute atomic E-state index is 4.07. The molecule has 2 N–H and O–H groups in total. The lowest BCUT2D eigenvalue weighted by Crippen LogP contribution is -2.31. The SMILES string of the molecule is CCN1CCCC(NCCCc2cn[nH]c2C)CC1. The molecule has 1 aromatic heterocycles. The van der Waals surface area contributed by atoms with Crippen LogP contribution in [0.2, 0.25) is 0 Å². The zero-order valence-electron chi connectivity index (χ0n) is 12.4. The van der Waals surface area contributed by atoms with Crippen LogP contribution < -0.4 is 5.32 Å². The second-order valence-corrected chi connectivity index (χ2v) is 5.64. The van der Waals surface area contributed by atoms with Crippen LogP contribution in [0, 0.1) is 6.92 Å². The van der Waals surface area contributed by atoms with Crippen LogP contribution in [-0.2, 0) is 6.42 Å². The lowest BCUT2D eigenvalue weighted by atomic mass is 10.1. The van der Waals surface area contributed by atoms with Crippen LogP contribution >= 0.6 is 0 Å². The number of nitrogens with one attached hydrogen (secondary N) is 2. The first kappa shape index (κ1) is 14.5. The summed E-state index contributed by atoms with van der Waals surface area (Å²) in [6.07, 6.45) is 8.27. The summed E-state index contributed by atoms with van der Waals surface area (Å²) in [4.78, 5) is 2.57. The van der Waals surface area contributed by atoms with E-state index < -0.39 is 0 Å². The van der Waals surface area contributed by atoms with Gasteiger partial charge in [0.15, 0.2) is 0 Å². The largest absolute Gasteiger partial charge is 0.314 e. The summed E-state index contributed by atoms with van der Waals surface area (Å²) < 4.78 is 0. The zero-order chi connectivity index (χ0) is 13.5. The van der Waals surface area contributed by atoms with Crippen molar-refractivity contribution in [2.24, 2.45) is 0 Å². The Bertz CT molecular complexity index is 361. The Labute approximate surface area is 117 Å². The minimum Gasteiger partial charge on any atom is -0.314 e. The van der Waals surface area contributed by atoms with Crippen LogP contribution in [0.4, 0.5) is 0 Å². The number of rotatable bonds is 6. The van der Waals surface area contributed by atoms with E-state index in [1.807, 2.05) is 6.20 Å². The Morgan fingerprint density at radius 2 is 2.32 bits per heavy atom. The van der Waals surface area contributed by atoms with Crippen molar-refractivity contribution < 1.29 is 0 Å². The first-order chi connectivity index (χ1) is 9.29. The Balaban J connectivity index is 1.62. The van der Waals surface area contributed by atoms with Crippen LogP contribution in [0.1, 0.15) is 43.9 Å². The molecule has 2 heterocycles. The van der Waals surface area contributed by atoms with Crippen molar-refractivity contribution in [3.63, 3.8) is 0 Å². The van der Waals surface area contributed by atoms with Crippen LogP contribution in [0.15, 0.2) is 6.20 Å². The van der Waals surface area contributed by atoms with Crippen molar-refractivity contribution in [2.75, 3.05) is 26.2 Å². The van der Waals surface area contributed by atoms with Gasteiger partial charge in [-0.2, -0.15) is 5.10 Å². The van der Waals surface area contributed by atoms with E-state index in [2.05, 4.69) is 34.3 Å². The lowest BCUT2D eigenvalue weighted by Gasteiger charge is -2.18. The molecule has 108 valence electrons. The Hall–Kier alpha value is -0.870. The second kappa shape index (κ2) is 7.65. The van der Waals surface area contributed by atoms with Crippen molar-refractivity contribution in [3.05, 3.63) is 17.5 Å². The zero-order valence-corrected chi connectivity index (χ0v) is 12.4. The van der Waals surface area contributed by atoms with Crippen LogP contribution in [0.25, 0.3) is 0 Å². The van der Waals surface area contributed by atoms with Crippen molar-refractivity contribution in [3.8, 4) is 0 Å². The van der Waals surface area contributed by atoms with Crippen molar-refractivity contribution in [2.45, 2.75) is 52.0 Å². The molecule has 0 saturated carbocycles. The smallest absolute Gasteiger partial charge is 0.0522 e. The fourth-order valence-electron chi connectivity index (χ4n) is 2.89. The molecule has 0 radical (unpaired) electrons. The number of aryl methyl sites for hydroxylation is 2. The van der Waals surface area contributed by atoms with E-state index in [9.17, 15) is 0 Å². The molecular formula is C15H28N4. The summed E-state index contributed by atoms with van der Waals surface area (Å²) in [5.41, 5.74) is 2.58. The molecule has 1 unspecified atom stereocenters. The topological polar surface area (TPSA) is 44.0 Å². The normalized spacial score (nSPS) is 21.5. The highest BCUT2D eigenvalue weighted by Crippen LogP contribution is 2.11. The molecule has 1 saturated heterocycles. The maximum Gasteiger partial charge on any atom is 0.0522 e. The lowest BCUT2D eigenvalue weighted by molar-refractivity contribution is 0.297. The second-order valence-electron chi connectivity index (χ2n) is 5.64. The molecule has 4 nitrogen and oxygen atoms in total. The fourth-order valence-corrected chi connectivity index (χ4v) is 2.89. The maximum atomic E-state index is 4.07. The van der Waals surface area contributed by atoms with E-state index in [0.29, 0.717) is 0 Å². The summed E-state index contributed by atoms with van der Waals surface area (Å²) >= 11 is 0. The molecule has 0 amide bonds. The van der Waals surface area contributed by atoms with Crippen LogP contribution in [0.3, 0.4) is 0 Å². The Morgan fingerprint density at radius 1 is 1.42 bits per heavy atom. The molecule has 4 heteroatoms. The van der Waals surface area contributed by atoms with Gasteiger partial charge >= 0.3 is 0 Å². The molecule has 0 bridgehead atoms. The first-order valence-electron chi connectivity index (χ1n) is 7.74. The summed E-state index contributed by atoms with van der Waals surface area (Å²) in [5, 5.41) is 10.8. The number of H-pyrrole nitrogens is 1. The van der Waals surface area contributed by atoms with Crippen LogP contribution in [-0.4, -0.2) is 47.3 Å². The number of hydrogen-bond donors (Lipinski definition) is 2. The van der Waals surface area contributed by atoms with E-state index in [0.717, 1.165) is 19.0 Å². The predicted molar refractivity (Wildman–Crippen MR) is 79.4 cm³/mol. The monoisotopic (exact) mass is 264 g/mol. The van der Waals surface area contributed by atoms with Gasteiger partial charge in [0.05, 0.1) is 6.20 Å². The summed E-state index contributed by atoms with van der Waals surface area (Å²) in [5.74, 6) is 0. The number of likely N-dealkylation sites (tertiary alicyclic amines) is 1. The Morgan fingerprint density at radius 3 is 3.05 bits per heavy atom. The summed E-state index contributed by atoms with van der Waals surface area (Å²) in [7, 11) is 0. The molecular weight excluding hydrogens is 236 g/mol. The average Bonchev–Trinajstić information content (AvgIpc) is 2.70. The van der Waals surface area contributed by atoms with Gasteiger partial charge in [-0.1, -0.05) is 6.92 Å². The van der Waals surface area contributed by atoms with E-state index >= 15 is 0 Å². The molecule has 1 atom stereocenters. The molecule has 0 spiro atoms. The highest BCUT2D eigenvalue weighted by atomic mass is 15.1. The van der Waals surface area contributed by atoms with Crippen LogP contribution in [0.5, 0.6) is 0 Å². The standard InChI is InChI=1S/C15H28N4/c1-3-19-10-5-7-15(8-11-19)16-9-4-6-14-12-17-18-13(14)2/h12,15-16H,3-11H2,1-2H3,(H,17,18). The fraction of sp³-hybridized carbons (Fsp3) is 0.800. The van der Waals surface area contributed by atoms with Crippen molar-refractivity contribution in [1.82, 2.24) is 20.4 Å². The third-order valence-electron chi connectivity index (χ3n) is 4.26. The van der Waals surface area contributed by atoms with Gasteiger partial charge in [-0.15, -0.1) is 0 Å². The first-order valence-corrected chi connectivity index (χ1v) is 7.74. The summed E-state index contributed by atoms with van der Waals surface area (Å²) in [6.45, 7) is 9.23. The molecule has 1 aliphatic rings. The number of aromatic nitrogens is 2. The van der Waals surface area contributed by atoms with Gasteiger partial charge in [0.25, 0.3) is 0 Å². The Kier molecular flexibility index (Phi) is 5.86. The van der Waals surface area contributed by atoms with E-state index in [-0.39, 0.29) is 0 Å². The van der Waals surface area contributed by atoms with Gasteiger partial charge in [-0.3, -0.25) is 5.10 Å². The minimum atomic E-state index is 0.724. The van der Waals surface area contributed by atoms with Gasteiger partial charge < -0.3 is 10.2 Å². The van der Waals surface area contributed by atoms with Gasteiger partial charge in [0.1, 0.15) is 0 Å². The van der Waals surface area contributed by atoms with Gasteiger partial charge in [0.2, 0.25) is 0 Å². The molecule has 0 aromatic carbocycles. The van der Waals surface area contributed by atoms with Gasteiger partial charge in [-0.05, 0) is 70.8 Å². The number of hydrogen-bond acceptors (Lipinski definition) is 3.